The van der Waals surface area contributed by atoms with Gasteiger partial charge in [0.1, 0.15) is 0 Å². The molecule has 8 heteroatoms. The summed E-state index contributed by atoms with van der Waals surface area (Å²) in [7, 11) is 6.95. The molecule has 3 N–H and O–H groups in total. The van der Waals surface area contributed by atoms with Crippen LogP contribution < -0.4 is 16.0 Å². The van der Waals surface area contributed by atoms with E-state index in [1.54, 1.807) is 33.1 Å². The molecule has 94 valence electrons. The predicted molar refractivity (Wildman–Crippen MR) is 65.8 cm³/mol. The topological polar surface area (TPSA) is 100 Å². The quantitative estimate of drug-likeness (QED) is 0.696. The third-order valence-electron chi connectivity index (χ3n) is 1.94. The van der Waals surface area contributed by atoms with Gasteiger partial charge in [-0.05, 0) is 0 Å². The van der Waals surface area contributed by atoms with Gasteiger partial charge in [0.05, 0.1) is 6.54 Å². The minimum Gasteiger partial charge on any atom is -0.368 e. The average molecular weight is 239 g/mol. The van der Waals surface area contributed by atoms with Crippen molar-refractivity contribution in [1.82, 2.24) is 19.9 Å². The maximum Gasteiger partial charge on any atom is 0.241 e. The highest BCUT2D eigenvalue weighted by Crippen LogP contribution is 2.08. The molecule has 17 heavy (non-hydrogen) atoms. The fourth-order valence-electron chi connectivity index (χ4n) is 0.973. The Balaban J connectivity index is 2.74. The lowest BCUT2D eigenvalue weighted by Gasteiger charge is -2.13. The van der Waals surface area contributed by atoms with Gasteiger partial charge in [0, 0.05) is 28.2 Å². The molecule has 0 radical (unpaired) electrons. The van der Waals surface area contributed by atoms with Crippen molar-refractivity contribution in [2.24, 2.45) is 0 Å². The summed E-state index contributed by atoms with van der Waals surface area (Å²) in [4.78, 5) is 26.5. The van der Waals surface area contributed by atoms with Crippen molar-refractivity contribution in [3.63, 3.8) is 0 Å². The highest BCUT2D eigenvalue weighted by Gasteiger charge is 2.08. The molecule has 8 nitrogen and oxygen atoms in total. The van der Waals surface area contributed by atoms with Gasteiger partial charge in [-0.2, -0.15) is 15.0 Å². The van der Waals surface area contributed by atoms with Crippen LogP contribution in [-0.4, -0.2) is 60.5 Å². The lowest BCUT2D eigenvalue weighted by atomic mass is 10.5. The van der Waals surface area contributed by atoms with Gasteiger partial charge in [-0.1, -0.05) is 0 Å². The molecule has 1 aromatic heterocycles. The molecular weight excluding hydrogens is 222 g/mol. The minimum absolute atomic E-state index is 0.0737. The van der Waals surface area contributed by atoms with E-state index in [9.17, 15) is 4.79 Å². The smallest absolute Gasteiger partial charge is 0.241 e. The summed E-state index contributed by atoms with van der Waals surface area (Å²) < 4.78 is 0. The van der Waals surface area contributed by atoms with E-state index in [2.05, 4.69) is 20.3 Å². The van der Waals surface area contributed by atoms with Crippen molar-refractivity contribution >= 4 is 23.8 Å². The standard InChI is InChI=1S/C9H17N7O/c1-15(2)6(17)5-11-8-12-7(10)13-9(14-8)16(3)4/h5H2,1-4H3,(H3,10,11,12,13,14). The zero-order valence-electron chi connectivity index (χ0n) is 10.4. The molecule has 0 aliphatic heterocycles. The Labute approximate surface area is 99.9 Å². The second-order valence-electron chi connectivity index (χ2n) is 3.85. The molecule has 0 aliphatic carbocycles. The Bertz CT molecular complexity index is 404. The van der Waals surface area contributed by atoms with Crippen LogP contribution >= 0.6 is 0 Å². The zero-order valence-corrected chi connectivity index (χ0v) is 10.4. The first-order valence-corrected chi connectivity index (χ1v) is 5.03. The lowest BCUT2D eigenvalue weighted by molar-refractivity contribution is -0.126. The van der Waals surface area contributed by atoms with E-state index in [4.69, 9.17) is 5.73 Å². The number of nitrogen functional groups attached to an aromatic ring is 1. The number of amides is 1. The lowest BCUT2D eigenvalue weighted by Crippen LogP contribution is -2.29. The number of anilines is 3. The fourth-order valence-corrected chi connectivity index (χ4v) is 0.973. The monoisotopic (exact) mass is 239 g/mol. The molecule has 1 heterocycles. The number of carbonyl (C=O) groups excluding carboxylic acids is 1. The fraction of sp³-hybridized carbons (Fsp3) is 0.556. The van der Waals surface area contributed by atoms with Gasteiger partial charge in [0.15, 0.2) is 0 Å². The van der Waals surface area contributed by atoms with E-state index in [1.165, 1.54) is 4.90 Å². The van der Waals surface area contributed by atoms with Crippen molar-refractivity contribution in [3.8, 4) is 0 Å². The van der Waals surface area contributed by atoms with Crippen LogP contribution in [0.5, 0.6) is 0 Å². The van der Waals surface area contributed by atoms with Gasteiger partial charge in [-0.25, -0.2) is 0 Å². The SMILES string of the molecule is CN(C)C(=O)CNc1nc(N)nc(N(C)C)n1. The van der Waals surface area contributed by atoms with Crippen molar-refractivity contribution in [3.05, 3.63) is 0 Å². The Hall–Kier alpha value is -2.12. The molecule has 0 saturated carbocycles. The van der Waals surface area contributed by atoms with Crippen molar-refractivity contribution in [2.75, 3.05) is 50.7 Å². The summed E-state index contributed by atoms with van der Waals surface area (Å²) in [5.41, 5.74) is 5.54. The van der Waals surface area contributed by atoms with Gasteiger partial charge in [0.2, 0.25) is 23.8 Å². The van der Waals surface area contributed by atoms with Crippen LogP contribution in [0.1, 0.15) is 0 Å². The first kappa shape index (κ1) is 12.9. The van der Waals surface area contributed by atoms with Crippen LogP contribution in [0.4, 0.5) is 17.8 Å². The molecule has 0 aromatic carbocycles. The third kappa shape index (κ3) is 3.74. The maximum absolute atomic E-state index is 11.4. The average Bonchev–Trinajstić information content (AvgIpc) is 2.24. The molecule has 1 aromatic rings. The predicted octanol–water partition coefficient (Wildman–Crippen LogP) is -0.980. The second-order valence-corrected chi connectivity index (χ2v) is 3.85. The normalized spacial score (nSPS) is 9.88. The van der Waals surface area contributed by atoms with Gasteiger partial charge in [-0.3, -0.25) is 4.79 Å². The van der Waals surface area contributed by atoms with E-state index >= 15 is 0 Å². The van der Waals surface area contributed by atoms with Crippen LogP contribution in [-0.2, 0) is 4.79 Å². The number of hydrogen-bond acceptors (Lipinski definition) is 7. The van der Waals surface area contributed by atoms with E-state index < -0.39 is 0 Å². The molecule has 1 amide bonds. The molecular formula is C9H17N7O. The van der Waals surface area contributed by atoms with E-state index in [0.717, 1.165) is 0 Å². The molecule has 0 unspecified atom stereocenters. The summed E-state index contributed by atoms with van der Waals surface area (Å²) in [5, 5.41) is 2.80. The Morgan fingerprint density at radius 1 is 1.24 bits per heavy atom. The summed E-state index contributed by atoms with van der Waals surface area (Å²) in [5.74, 6) is 0.771. The Morgan fingerprint density at radius 2 is 1.88 bits per heavy atom. The number of hydrogen-bond donors (Lipinski definition) is 2. The number of aromatic nitrogens is 3. The van der Waals surface area contributed by atoms with Crippen LogP contribution in [0.2, 0.25) is 0 Å². The number of likely N-dealkylation sites (N-methyl/N-ethyl adjacent to an activating group) is 1. The Morgan fingerprint density at radius 3 is 2.41 bits per heavy atom. The Kier molecular flexibility index (Phi) is 4.02. The van der Waals surface area contributed by atoms with Gasteiger partial charge < -0.3 is 20.9 Å². The molecule has 0 spiro atoms. The number of carbonyl (C=O) groups is 1. The second kappa shape index (κ2) is 5.28. The van der Waals surface area contributed by atoms with Crippen LogP contribution in [0, 0.1) is 0 Å². The molecule has 0 fully saturated rings. The van der Waals surface area contributed by atoms with Gasteiger partial charge >= 0.3 is 0 Å². The summed E-state index contributed by atoms with van der Waals surface area (Å²) in [6.07, 6.45) is 0. The van der Waals surface area contributed by atoms with Crippen LogP contribution in [0.25, 0.3) is 0 Å². The van der Waals surface area contributed by atoms with Gasteiger partial charge in [0.25, 0.3) is 0 Å². The minimum atomic E-state index is -0.0737. The van der Waals surface area contributed by atoms with Crippen molar-refractivity contribution in [1.29, 1.82) is 0 Å². The summed E-state index contributed by atoms with van der Waals surface area (Å²) in [6.45, 7) is 0.114. The molecule has 0 saturated heterocycles. The van der Waals surface area contributed by atoms with Crippen molar-refractivity contribution < 1.29 is 4.79 Å². The number of nitrogens with zero attached hydrogens (tertiary/aromatic N) is 5. The van der Waals surface area contributed by atoms with E-state index in [-0.39, 0.29) is 24.3 Å². The van der Waals surface area contributed by atoms with E-state index in [1.807, 2.05) is 0 Å². The van der Waals surface area contributed by atoms with E-state index in [0.29, 0.717) is 5.95 Å². The summed E-state index contributed by atoms with van der Waals surface area (Å²) in [6, 6.07) is 0. The van der Waals surface area contributed by atoms with Crippen LogP contribution in [0.3, 0.4) is 0 Å². The largest absolute Gasteiger partial charge is 0.368 e. The zero-order chi connectivity index (χ0) is 13.0. The number of nitrogens with one attached hydrogen (secondary N) is 1. The molecule has 0 aliphatic rings. The third-order valence-corrected chi connectivity index (χ3v) is 1.94. The highest BCUT2D eigenvalue weighted by molar-refractivity contribution is 5.79. The first-order chi connectivity index (χ1) is 7.90. The number of rotatable bonds is 4. The van der Waals surface area contributed by atoms with Crippen molar-refractivity contribution in [2.45, 2.75) is 0 Å². The molecule has 1 rings (SSSR count). The number of nitrogens with two attached hydrogens (primary N) is 1. The van der Waals surface area contributed by atoms with Crippen LogP contribution in [0.15, 0.2) is 0 Å². The highest BCUT2D eigenvalue weighted by atomic mass is 16.2. The first-order valence-electron chi connectivity index (χ1n) is 5.03. The summed E-state index contributed by atoms with van der Waals surface area (Å²) >= 11 is 0. The van der Waals surface area contributed by atoms with Gasteiger partial charge in [-0.15, -0.1) is 0 Å². The molecule has 0 atom stereocenters. The maximum atomic E-state index is 11.4. The molecule has 0 bridgehead atoms.